The first kappa shape index (κ1) is 20.6. The molecule has 2 amide bonds. The molecular weight excluding hydrogens is 398 g/mol. The molecule has 0 spiro atoms. The molecule has 1 aromatic carbocycles. The molecule has 0 aliphatic carbocycles. The maximum Gasteiger partial charge on any atom is 0.317 e. The van der Waals surface area contributed by atoms with Crippen LogP contribution in [0, 0.1) is 6.92 Å². The van der Waals surface area contributed by atoms with Crippen molar-refractivity contribution in [2.75, 3.05) is 45.3 Å². The minimum absolute atomic E-state index is 0.110. The number of rotatable bonds is 5. The topological polar surface area (TPSA) is 106 Å². The number of urea groups is 1. The van der Waals surface area contributed by atoms with Crippen molar-refractivity contribution in [1.82, 2.24) is 30.2 Å². The number of carbonyl (C=O) groups excluding carboxylic acids is 1. The van der Waals surface area contributed by atoms with E-state index in [1.165, 1.54) is 0 Å². The van der Waals surface area contributed by atoms with Crippen molar-refractivity contribution in [2.24, 2.45) is 0 Å². The van der Waals surface area contributed by atoms with E-state index in [2.05, 4.69) is 30.2 Å². The van der Waals surface area contributed by atoms with Crippen LogP contribution in [0.2, 0.25) is 0 Å². The largest absolute Gasteiger partial charge is 0.493 e. The summed E-state index contributed by atoms with van der Waals surface area (Å²) in [6, 6.07) is 3.63. The van der Waals surface area contributed by atoms with Crippen LogP contribution >= 0.6 is 0 Å². The number of nitrogens with zero attached hydrogens (tertiary/aromatic N) is 6. The maximum absolute atomic E-state index is 12.5. The number of anilines is 1. The highest BCUT2D eigenvalue weighted by Crippen LogP contribution is 2.34. The van der Waals surface area contributed by atoms with Gasteiger partial charge in [0.25, 0.3) is 0 Å². The van der Waals surface area contributed by atoms with Gasteiger partial charge in [0.1, 0.15) is 12.1 Å². The fraction of sp³-hybridized carbons (Fsp3) is 0.381. The number of aromatic nitrogens is 4. The SMILES string of the molecule is COc1cc2ncnc(N3CCN(C(=O)NCc4cnc(C)cn4)CC3)c2cc1OC. The number of nitrogens with one attached hydrogen (secondary N) is 1. The van der Waals surface area contributed by atoms with Crippen LogP contribution in [0.5, 0.6) is 11.5 Å². The lowest BCUT2D eigenvalue weighted by Gasteiger charge is -2.35. The van der Waals surface area contributed by atoms with E-state index in [1.807, 2.05) is 19.1 Å². The molecule has 0 unspecified atom stereocenters. The van der Waals surface area contributed by atoms with Crippen LogP contribution in [-0.4, -0.2) is 71.3 Å². The molecule has 0 radical (unpaired) electrons. The number of benzene rings is 1. The van der Waals surface area contributed by atoms with E-state index in [4.69, 9.17) is 9.47 Å². The number of hydrogen-bond donors (Lipinski definition) is 1. The quantitative estimate of drug-likeness (QED) is 0.662. The fourth-order valence-corrected chi connectivity index (χ4v) is 3.53. The average molecular weight is 423 g/mol. The predicted octanol–water partition coefficient (Wildman–Crippen LogP) is 1.78. The molecular formula is C21H25N7O3. The van der Waals surface area contributed by atoms with E-state index >= 15 is 0 Å². The Hall–Kier alpha value is -3.69. The third kappa shape index (κ3) is 4.42. The number of amides is 2. The van der Waals surface area contributed by atoms with Crippen LogP contribution < -0.4 is 19.7 Å². The molecule has 10 nitrogen and oxygen atoms in total. The molecule has 1 aliphatic rings. The van der Waals surface area contributed by atoms with E-state index in [-0.39, 0.29) is 6.03 Å². The molecule has 0 saturated carbocycles. The summed E-state index contributed by atoms with van der Waals surface area (Å²) in [5.74, 6) is 2.07. The highest BCUT2D eigenvalue weighted by molar-refractivity contribution is 5.92. The van der Waals surface area contributed by atoms with Crippen LogP contribution in [0.15, 0.2) is 30.9 Å². The van der Waals surface area contributed by atoms with Gasteiger partial charge >= 0.3 is 6.03 Å². The molecule has 31 heavy (non-hydrogen) atoms. The van der Waals surface area contributed by atoms with Gasteiger partial charge in [0.05, 0.1) is 43.9 Å². The number of aryl methyl sites for hydroxylation is 1. The summed E-state index contributed by atoms with van der Waals surface area (Å²) in [5.41, 5.74) is 2.36. The Bertz CT molecular complexity index is 1070. The number of hydrogen-bond acceptors (Lipinski definition) is 8. The third-order valence-corrected chi connectivity index (χ3v) is 5.24. The van der Waals surface area contributed by atoms with Crippen molar-refractivity contribution in [3.05, 3.63) is 42.2 Å². The van der Waals surface area contributed by atoms with Gasteiger partial charge in [-0.25, -0.2) is 14.8 Å². The van der Waals surface area contributed by atoms with Gasteiger partial charge in [-0.15, -0.1) is 0 Å². The Morgan fingerprint density at radius 2 is 1.74 bits per heavy atom. The lowest BCUT2D eigenvalue weighted by molar-refractivity contribution is 0.193. The Balaban J connectivity index is 1.42. The zero-order valence-corrected chi connectivity index (χ0v) is 17.8. The number of carbonyl (C=O) groups is 1. The standard InChI is InChI=1S/C21H25N7O3/c1-14-10-23-15(11-22-14)12-24-21(29)28-6-4-27(5-7-28)20-16-8-18(30-2)19(31-3)9-17(16)25-13-26-20/h8-11,13H,4-7,12H2,1-3H3,(H,24,29). The second kappa shape index (κ2) is 8.99. The molecule has 1 N–H and O–H groups in total. The third-order valence-electron chi connectivity index (χ3n) is 5.24. The van der Waals surface area contributed by atoms with Crippen molar-refractivity contribution >= 4 is 22.8 Å². The molecule has 162 valence electrons. The molecule has 1 aliphatic heterocycles. The summed E-state index contributed by atoms with van der Waals surface area (Å²) in [7, 11) is 3.20. The molecule has 1 fully saturated rings. The lowest BCUT2D eigenvalue weighted by atomic mass is 10.2. The monoisotopic (exact) mass is 423 g/mol. The number of ether oxygens (including phenoxy) is 2. The first-order valence-corrected chi connectivity index (χ1v) is 10.0. The summed E-state index contributed by atoms with van der Waals surface area (Å²) in [6.45, 7) is 4.73. The first-order valence-electron chi connectivity index (χ1n) is 10.0. The van der Waals surface area contributed by atoms with Crippen molar-refractivity contribution in [1.29, 1.82) is 0 Å². The summed E-state index contributed by atoms with van der Waals surface area (Å²) >= 11 is 0. The minimum Gasteiger partial charge on any atom is -0.493 e. The highest BCUT2D eigenvalue weighted by Gasteiger charge is 2.23. The number of piperazine rings is 1. The Morgan fingerprint density at radius 3 is 2.42 bits per heavy atom. The average Bonchev–Trinajstić information content (AvgIpc) is 2.82. The van der Waals surface area contributed by atoms with Gasteiger partial charge in [0.2, 0.25) is 0 Å². The zero-order chi connectivity index (χ0) is 21.8. The second-order valence-corrected chi connectivity index (χ2v) is 7.20. The summed E-state index contributed by atoms with van der Waals surface area (Å²) in [5, 5.41) is 3.80. The van der Waals surface area contributed by atoms with Gasteiger partial charge < -0.3 is 24.6 Å². The highest BCUT2D eigenvalue weighted by atomic mass is 16.5. The van der Waals surface area contributed by atoms with E-state index in [0.717, 1.165) is 28.1 Å². The van der Waals surface area contributed by atoms with Crippen LogP contribution in [0.1, 0.15) is 11.4 Å². The van der Waals surface area contributed by atoms with Crippen LogP contribution in [0.3, 0.4) is 0 Å². The summed E-state index contributed by atoms with van der Waals surface area (Å²) in [4.78, 5) is 33.8. The summed E-state index contributed by atoms with van der Waals surface area (Å²) in [6.07, 6.45) is 4.92. The molecule has 0 bridgehead atoms. The maximum atomic E-state index is 12.5. The number of methoxy groups -OCH3 is 2. The van der Waals surface area contributed by atoms with E-state index in [1.54, 1.807) is 37.8 Å². The van der Waals surface area contributed by atoms with Gasteiger partial charge in [-0.2, -0.15) is 0 Å². The summed E-state index contributed by atoms with van der Waals surface area (Å²) < 4.78 is 10.8. The molecule has 3 heterocycles. The van der Waals surface area contributed by atoms with Gasteiger partial charge in [0, 0.05) is 43.8 Å². The van der Waals surface area contributed by atoms with Gasteiger partial charge in [-0.1, -0.05) is 0 Å². The molecule has 10 heteroatoms. The first-order chi connectivity index (χ1) is 15.1. The molecule has 3 aromatic rings. The molecule has 1 saturated heterocycles. The Kier molecular flexibility index (Phi) is 5.96. The van der Waals surface area contributed by atoms with E-state index in [0.29, 0.717) is 44.2 Å². The van der Waals surface area contributed by atoms with E-state index < -0.39 is 0 Å². The lowest BCUT2D eigenvalue weighted by Crippen LogP contribution is -2.52. The van der Waals surface area contributed by atoms with E-state index in [9.17, 15) is 4.79 Å². The number of fused-ring (bicyclic) bond motifs is 1. The predicted molar refractivity (Wildman–Crippen MR) is 115 cm³/mol. The molecule has 0 atom stereocenters. The van der Waals surface area contributed by atoms with Gasteiger partial charge in [0.15, 0.2) is 11.5 Å². The molecule has 2 aromatic heterocycles. The fourth-order valence-electron chi connectivity index (χ4n) is 3.53. The Morgan fingerprint density at radius 1 is 1.00 bits per heavy atom. The second-order valence-electron chi connectivity index (χ2n) is 7.20. The van der Waals surface area contributed by atoms with Gasteiger partial charge in [-0.3, -0.25) is 9.97 Å². The normalized spacial score (nSPS) is 13.9. The van der Waals surface area contributed by atoms with Crippen LogP contribution in [0.25, 0.3) is 10.9 Å². The van der Waals surface area contributed by atoms with Crippen LogP contribution in [-0.2, 0) is 6.54 Å². The van der Waals surface area contributed by atoms with Crippen LogP contribution in [0.4, 0.5) is 10.6 Å². The molecule has 4 rings (SSSR count). The van der Waals surface area contributed by atoms with Crippen molar-refractivity contribution in [2.45, 2.75) is 13.5 Å². The zero-order valence-electron chi connectivity index (χ0n) is 17.8. The van der Waals surface area contributed by atoms with Gasteiger partial charge in [-0.05, 0) is 13.0 Å². The van der Waals surface area contributed by atoms with Crippen molar-refractivity contribution in [3.8, 4) is 11.5 Å². The van der Waals surface area contributed by atoms with Crippen molar-refractivity contribution < 1.29 is 14.3 Å². The minimum atomic E-state index is -0.110. The van der Waals surface area contributed by atoms with Crippen molar-refractivity contribution in [3.63, 3.8) is 0 Å². The smallest absolute Gasteiger partial charge is 0.317 e. The Labute approximate surface area is 180 Å².